The van der Waals surface area contributed by atoms with Crippen molar-refractivity contribution in [3.8, 4) is 0 Å². The molecule has 0 fully saturated rings. The van der Waals surface area contributed by atoms with Gasteiger partial charge in [-0.2, -0.15) is 0 Å². The highest BCUT2D eigenvalue weighted by atomic mass is 35.5. The summed E-state index contributed by atoms with van der Waals surface area (Å²) >= 11 is 5.53. The van der Waals surface area contributed by atoms with Gasteiger partial charge in [0.25, 0.3) is 0 Å². The summed E-state index contributed by atoms with van der Waals surface area (Å²) in [5.41, 5.74) is 1.89. The van der Waals surface area contributed by atoms with Crippen molar-refractivity contribution in [3.05, 3.63) is 35.1 Å². The van der Waals surface area contributed by atoms with E-state index in [1.165, 1.54) is 12.1 Å². The van der Waals surface area contributed by atoms with Gasteiger partial charge in [-0.15, -0.1) is 11.6 Å². The Morgan fingerprint density at radius 1 is 1.47 bits per heavy atom. The van der Waals surface area contributed by atoms with Crippen LogP contribution in [-0.2, 0) is 6.42 Å². The van der Waals surface area contributed by atoms with Crippen LogP contribution in [0.4, 0.5) is 4.39 Å². The molecule has 1 N–H and O–H groups in total. The first-order valence-electron chi connectivity index (χ1n) is 5.12. The van der Waals surface area contributed by atoms with Crippen LogP contribution in [0.15, 0.2) is 18.2 Å². The molecule has 1 aromatic carbocycles. The fourth-order valence-electron chi connectivity index (χ4n) is 1.53. The van der Waals surface area contributed by atoms with Gasteiger partial charge in [-0.3, -0.25) is 0 Å². The molecule has 1 unspecified atom stereocenters. The lowest BCUT2D eigenvalue weighted by Gasteiger charge is -2.11. The molecule has 1 rings (SSSR count). The third-order valence-electron chi connectivity index (χ3n) is 2.44. The van der Waals surface area contributed by atoms with E-state index in [1.807, 2.05) is 6.92 Å². The molecule has 0 radical (unpaired) electrons. The number of rotatable bonds is 5. The van der Waals surface area contributed by atoms with E-state index in [2.05, 4.69) is 0 Å². The Kier molecular flexibility index (Phi) is 5.06. The lowest BCUT2D eigenvalue weighted by atomic mass is 10.0. The van der Waals surface area contributed by atoms with Gasteiger partial charge in [-0.25, -0.2) is 4.39 Å². The van der Waals surface area contributed by atoms with E-state index in [1.54, 1.807) is 6.07 Å². The quantitative estimate of drug-likeness (QED) is 0.771. The molecule has 1 nitrogen and oxygen atoms in total. The van der Waals surface area contributed by atoms with E-state index < -0.39 is 6.10 Å². The molecule has 0 aliphatic heterocycles. The second-order valence-corrected chi connectivity index (χ2v) is 4.14. The molecule has 0 aliphatic rings. The van der Waals surface area contributed by atoms with Gasteiger partial charge in [0.2, 0.25) is 0 Å². The average molecular weight is 231 g/mol. The van der Waals surface area contributed by atoms with Crippen molar-refractivity contribution < 1.29 is 9.50 Å². The van der Waals surface area contributed by atoms with Gasteiger partial charge in [-0.05, 0) is 49.4 Å². The van der Waals surface area contributed by atoms with Gasteiger partial charge in [0.1, 0.15) is 5.82 Å². The molecule has 0 amide bonds. The summed E-state index contributed by atoms with van der Waals surface area (Å²) in [6, 6.07) is 4.65. The lowest BCUT2D eigenvalue weighted by Crippen LogP contribution is -2.11. The summed E-state index contributed by atoms with van der Waals surface area (Å²) in [5, 5.41) is 9.67. The van der Waals surface area contributed by atoms with E-state index in [0.717, 1.165) is 17.5 Å². The fourth-order valence-corrected chi connectivity index (χ4v) is 1.68. The van der Waals surface area contributed by atoms with E-state index in [9.17, 15) is 9.50 Å². The molecular formula is C12H16ClFO. The lowest BCUT2D eigenvalue weighted by molar-refractivity contribution is 0.164. The smallest absolute Gasteiger partial charge is 0.123 e. The zero-order valence-corrected chi connectivity index (χ0v) is 9.60. The van der Waals surface area contributed by atoms with Gasteiger partial charge < -0.3 is 5.11 Å². The molecule has 0 heterocycles. The Bertz CT molecular complexity index is 314. The molecule has 0 bridgehead atoms. The highest BCUT2D eigenvalue weighted by molar-refractivity contribution is 6.17. The predicted molar refractivity (Wildman–Crippen MR) is 60.8 cm³/mol. The fraction of sp³-hybridized carbons (Fsp3) is 0.500. The zero-order valence-electron chi connectivity index (χ0n) is 8.84. The number of hydrogen-bond acceptors (Lipinski definition) is 1. The van der Waals surface area contributed by atoms with Gasteiger partial charge in [0, 0.05) is 5.88 Å². The summed E-state index contributed by atoms with van der Waals surface area (Å²) in [6.07, 6.45) is 1.53. The molecule has 3 heteroatoms. The maximum absolute atomic E-state index is 12.9. The standard InChI is InChI=1S/C12H16ClFO/c1-9-4-5-11(14)7-10(9)8-12(15)3-2-6-13/h4-5,7,12,15H,2-3,6,8H2,1H3. The number of benzene rings is 1. The minimum absolute atomic E-state index is 0.250. The van der Waals surface area contributed by atoms with Crippen molar-refractivity contribution in [1.29, 1.82) is 0 Å². The van der Waals surface area contributed by atoms with Crippen molar-refractivity contribution >= 4 is 11.6 Å². The van der Waals surface area contributed by atoms with Gasteiger partial charge in [-0.1, -0.05) is 6.07 Å². The van der Waals surface area contributed by atoms with Crippen LogP contribution in [0.3, 0.4) is 0 Å². The minimum atomic E-state index is -0.427. The van der Waals surface area contributed by atoms with Crippen LogP contribution in [0.2, 0.25) is 0 Å². The number of aliphatic hydroxyl groups is 1. The maximum Gasteiger partial charge on any atom is 0.123 e. The Hall–Kier alpha value is -0.600. The molecule has 0 aliphatic carbocycles. The van der Waals surface area contributed by atoms with Gasteiger partial charge >= 0.3 is 0 Å². The molecule has 15 heavy (non-hydrogen) atoms. The van der Waals surface area contributed by atoms with Gasteiger partial charge in [0.15, 0.2) is 0 Å². The SMILES string of the molecule is Cc1ccc(F)cc1CC(O)CCCCl. The maximum atomic E-state index is 12.9. The number of alkyl halides is 1. The molecule has 1 aromatic rings. The molecular weight excluding hydrogens is 215 g/mol. The van der Waals surface area contributed by atoms with Crippen molar-refractivity contribution in [2.45, 2.75) is 32.3 Å². The molecule has 0 spiro atoms. The Balaban J connectivity index is 2.59. The second kappa shape index (κ2) is 6.09. The number of halogens is 2. The van der Waals surface area contributed by atoms with Crippen LogP contribution in [0, 0.1) is 12.7 Å². The summed E-state index contributed by atoms with van der Waals surface area (Å²) in [4.78, 5) is 0. The summed E-state index contributed by atoms with van der Waals surface area (Å²) in [5.74, 6) is 0.305. The average Bonchev–Trinajstić information content (AvgIpc) is 2.20. The first-order chi connectivity index (χ1) is 7.13. The highest BCUT2D eigenvalue weighted by Gasteiger charge is 2.08. The number of aryl methyl sites for hydroxylation is 1. The summed E-state index contributed by atoms with van der Waals surface area (Å²) in [7, 11) is 0. The Morgan fingerprint density at radius 2 is 2.20 bits per heavy atom. The Labute approximate surface area is 94.9 Å². The zero-order chi connectivity index (χ0) is 11.3. The van der Waals surface area contributed by atoms with Crippen molar-refractivity contribution in [1.82, 2.24) is 0 Å². The van der Waals surface area contributed by atoms with Crippen molar-refractivity contribution in [3.63, 3.8) is 0 Å². The van der Waals surface area contributed by atoms with Crippen LogP contribution in [0.1, 0.15) is 24.0 Å². The van der Waals surface area contributed by atoms with Crippen molar-refractivity contribution in [2.75, 3.05) is 5.88 Å². The third kappa shape index (κ3) is 4.18. The summed E-state index contributed by atoms with van der Waals surface area (Å²) < 4.78 is 12.9. The first-order valence-corrected chi connectivity index (χ1v) is 5.66. The molecule has 0 saturated heterocycles. The molecule has 0 saturated carbocycles. The van der Waals surface area contributed by atoms with E-state index in [-0.39, 0.29) is 5.82 Å². The highest BCUT2D eigenvalue weighted by Crippen LogP contribution is 2.14. The number of aliphatic hydroxyl groups excluding tert-OH is 1. The second-order valence-electron chi connectivity index (χ2n) is 3.76. The molecule has 0 aromatic heterocycles. The van der Waals surface area contributed by atoms with Crippen LogP contribution in [-0.4, -0.2) is 17.1 Å². The number of hydrogen-bond donors (Lipinski definition) is 1. The van der Waals surface area contributed by atoms with E-state index in [0.29, 0.717) is 18.7 Å². The third-order valence-corrected chi connectivity index (χ3v) is 2.70. The minimum Gasteiger partial charge on any atom is -0.393 e. The normalized spacial score (nSPS) is 12.8. The Morgan fingerprint density at radius 3 is 2.87 bits per heavy atom. The van der Waals surface area contributed by atoms with Gasteiger partial charge in [0.05, 0.1) is 6.10 Å². The van der Waals surface area contributed by atoms with Crippen LogP contribution in [0.25, 0.3) is 0 Å². The first kappa shape index (κ1) is 12.5. The largest absolute Gasteiger partial charge is 0.393 e. The van der Waals surface area contributed by atoms with Crippen LogP contribution >= 0.6 is 11.6 Å². The monoisotopic (exact) mass is 230 g/mol. The molecule has 1 atom stereocenters. The summed E-state index contributed by atoms with van der Waals surface area (Å²) in [6.45, 7) is 1.92. The van der Waals surface area contributed by atoms with E-state index >= 15 is 0 Å². The predicted octanol–water partition coefficient (Wildman–Crippen LogP) is 3.06. The van der Waals surface area contributed by atoms with Crippen LogP contribution < -0.4 is 0 Å². The van der Waals surface area contributed by atoms with E-state index in [4.69, 9.17) is 11.6 Å². The van der Waals surface area contributed by atoms with Crippen molar-refractivity contribution in [2.24, 2.45) is 0 Å². The van der Waals surface area contributed by atoms with Crippen LogP contribution in [0.5, 0.6) is 0 Å². The topological polar surface area (TPSA) is 20.2 Å². The molecule has 84 valence electrons.